The molecule has 0 saturated heterocycles. The first-order valence-corrected chi connectivity index (χ1v) is 15.4. The van der Waals surface area contributed by atoms with E-state index in [0.717, 1.165) is 28.0 Å². The number of dihydropyridines is 1. The molecule has 2 atom stereocenters. The van der Waals surface area contributed by atoms with E-state index in [2.05, 4.69) is 5.32 Å². The van der Waals surface area contributed by atoms with Crippen LogP contribution in [0.25, 0.3) is 0 Å². The van der Waals surface area contributed by atoms with Crippen LogP contribution >= 0.6 is 0 Å². The molecule has 6 rings (SSSR count). The lowest BCUT2D eigenvalue weighted by Gasteiger charge is -2.37. The van der Waals surface area contributed by atoms with Gasteiger partial charge in [-0.15, -0.1) is 0 Å². The normalized spacial score (nSPS) is 17.6. The van der Waals surface area contributed by atoms with Crippen LogP contribution in [0.2, 0.25) is 0 Å². The molecule has 4 aromatic rings. The van der Waals surface area contributed by atoms with Gasteiger partial charge in [0.1, 0.15) is 19.0 Å². The van der Waals surface area contributed by atoms with Crippen LogP contribution in [-0.2, 0) is 27.5 Å². The summed E-state index contributed by atoms with van der Waals surface area (Å²) in [7, 11) is 3.20. The van der Waals surface area contributed by atoms with Crippen molar-refractivity contribution in [2.24, 2.45) is 0 Å². The number of nitrogens with one attached hydrogen (secondary N) is 1. The summed E-state index contributed by atoms with van der Waals surface area (Å²) in [5.41, 5.74) is 6.21. The van der Waals surface area contributed by atoms with Crippen LogP contribution in [0.15, 0.2) is 126 Å². The van der Waals surface area contributed by atoms with E-state index in [9.17, 15) is 9.59 Å². The topological polar surface area (TPSA) is 83.1 Å². The largest absolute Gasteiger partial charge is 0.493 e. The van der Waals surface area contributed by atoms with Crippen LogP contribution in [-0.4, -0.2) is 26.0 Å². The van der Waals surface area contributed by atoms with Gasteiger partial charge in [0.15, 0.2) is 17.3 Å². The molecule has 0 fully saturated rings. The maximum absolute atomic E-state index is 14.2. The minimum absolute atomic E-state index is 0.0185. The number of allylic oxidation sites excluding steroid dienone is 3. The van der Waals surface area contributed by atoms with E-state index in [1.54, 1.807) is 14.2 Å². The van der Waals surface area contributed by atoms with Crippen molar-refractivity contribution in [1.29, 1.82) is 0 Å². The van der Waals surface area contributed by atoms with E-state index in [1.807, 2.05) is 110 Å². The molecular weight excluding hydrogens is 578 g/mol. The first kappa shape index (κ1) is 30.7. The number of ether oxygens (including phenoxy) is 4. The molecule has 234 valence electrons. The number of esters is 1. The Bertz CT molecular complexity index is 1790. The summed E-state index contributed by atoms with van der Waals surface area (Å²) in [5.74, 6) is 0.747. The molecule has 46 heavy (non-hydrogen) atoms. The molecule has 0 spiro atoms. The van der Waals surface area contributed by atoms with Gasteiger partial charge in [0, 0.05) is 29.3 Å². The summed E-state index contributed by atoms with van der Waals surface area (Å²) in [6, 6.07) is 33.0. The monoisotopic (exact) mass is 615 g/mol. The predicted molar refractivity (Wildman–Crippen MR) is 176 cm³/mol. The van der Waals surface area contributed by atoms with Crippen LogP contribution in [0.1, 0.15) is 53.9 Å². The van der Waals surface area contributed by atoms with E-state index >= 15 is 0 Å². The molecule has 1 aliphatic carbocycles. The van der Waals surface area contributed by atoms with Crippen molar-refractivity contribution in [3.63, 3.8) is 0 Å². The van der Waals surface area contributed by atoms with Crippen molar-refractivity contribution in [2.75, 3.05) is 14.2 Å². The summed E-state index contributed by atoms with van der Waals surface area (Å²) in [6.45, 7) is 2.40. The van der Waals surface area contributed by atoms with Gasteiger partial charge in [0.05, 0.1) is 19.8 Å². The second-order valence-corrected chi connectivity index (χ2v) is 11.5. The standard InChI is InChI=1S/C39H37NO6/c1-25-36(39(42)46-24-27-13-8-5-9-14-27)37(29-15-10-16-31(19-29)45-23-26-11-6-4-7-12-26)38-32(40-25)20-30(21-33(38)41)28-17-18-34(43-2)35(22-28)44-3/h4-19,22,30,37,40H,20-21,23-24H2,1-3H3/t30-,37-/m1/s1. The Morgan fingerprint density at radius 2 is 1.46 bits per heavy atom. The highest BCUT2D eigenvalue weighted by atomic mass is 16.5. The molecule has 4 aromatic carbocycles. The van der Waals surface area contributed by atoms with Crippen LogP contribution in [0.4, 0.5) is 0 Å². The lowest BCUT2D eigenvalue weighted by Crippen LogP contribution is -2.36. The molecule has 0 saturated carbocycles. The number of methoxy groups -OCH3 is 2. The van der Waals surface area contributed by atoms with Gasteiger partial charge in [-0.1, -0.05) is 78.9 Å². The average Bonchev–Trinajstić information content (AvgIpc) is 3.09. The van der Waals surface area contributed by atoms with Gasteiger partial charge < -0.3 is 24.3 Å². The third kappa shape index (κ3) is 6.54. The summed E-state index contributed by atoms with van der Waals surface area (Å²) >= 11 is 0. The second kappa shape index (κ2) is 13.8. The van der Waals surface area contributed by atoms with Gasteiger partial charge in [-0.05, 0) is 65.8 Å². The van der Waals surface area contributed by atoms with E-state index in [1.165, 1.54) is 0 Å². The van der Waals surface area contributed by atoms with Gasteiger partial charge in [0.2, 0.25) is 0 Å². The van der Waals surface area contributed by atoms with E-state index in [4.69, 9.17) is 18.9 Å². The van der Waals surface area contributed by atoms with Gasteiger partial charge >= 0.3 is 5.97 Å². The number of Topliss-reactive ketones (excluding diaryl/α,β-unsaturated/α-hetero) is 1. The molecule has 0 unspecified atom stereocenters. The van der Waals surface area contributed by atoms with Gasteiger partial charge in [0.25, 0.3) is 0 Å². The zero-order valence-corrected chi connectivity index (χ0v) is 26.2. The first-order chi connectivity index (χ1) is 22.4. The summed E-state index contributed by atoms with van der Waals surface area (Å²) in [5, 5.41) is 3.44. The molecule has 0 amide bonds. The van der Waals surface area contributed by atoms with Gasteiger partial charge in [-0.2, -0.15) is 0 Å². The maximum atomic E-state index is 14.2. The minimum atomic E-state index is -0.612. The molecule has 0 aromatic heterocycles. The smallest absolute Gasteiger partial charge is 0.337 e. The molecule has 7 heteroatoms. The van der Waals surface area contributed by atoms with Crippen molar-refractivity contribution in [2.45, 2.75) is 44.8 Å². The number of benzene rings is 4. The van der Waals surface area contributed by atoms with Crippen LogP contribution in [0.3, 0.4) is 0 Å². The fraction of sp³-hybridized carbons (Fsp3) is 0.231. The van der Waals surface area contributed by atoms with Gasteiger partial charge in [-0.3, -0.25) is 4.79 Å². The summed E-state index contributed by atoms with van der Waals surface area (Å²) < 4.78 is 23.0. The molecule has 7 nitrogen and oxygen atoms in total. The number of carbonyl (C=O) groups is 2. The zero-order valence-electron chi connectivity index (χ0n) is 26.2. The Balaban J connectivity index is 1.35. The van der Waals surface area contributed by atoms with Crippen molar-refractivity contribution >= 4 is 11.8 Å². The number of carbonyl (C=O) groups excluding carboxylic acids is 2. The van der Waals surface area contributed by atoms with Crippen LogP contribution in [0.5, 0.6) is 17.2 Å². The van der Waals surface area contributed by atoms with Crippen molar-refractivity contribution in [3.8, 4) is 17.2 Å². The second-order valence-electron chi connectivity index (χ2n) is 11.5. The fourth-order valence-electron chi connectivity index (χ4n) is 6.31. The molecule has 0 bridgehead atoms. The summed E-state index contributed by atoms with van der Waals surface area (Å²) in [4.78, 5) is 28.0. The summed E-state index contributed by atoms with van der Waals surface area (Å²) in [6.07, 6.45) is 0.892. The van der Waals surface area contributed by atoms with Crippen LogP contribution < -0.4 is 19.5 Å². The zero-order chi connectivity index (χ0) is 32.0. The molecule has 1 aliphatic heterocycles. The fourth-order valence-corrected chi connectivity index (χ4v) is 6.31. The highest BCUT2D eigenvalue weighted by molar-refractivity contribution is 6.04. The maximum Gasteiger partial charge on any atom is 0.337 e. The van der Waals surface area contributed by atoms with Crippen molar-refractivity contribution in [3.05, 3.63) is 148 Å². The number of hydrogen-bond acceptors (Lipinski definition) is 7. The Kier molecular flexibility index (Phi) is 9.20. The Morgan fingerprint density at radius 3 is 2.15 bits per heavy atom. The van der Waals surface area contributed by atoms with E-state index in [0.29, 0.717) is 53.5 Å². The number of ketones is 1. The molecule has 1 N–H and O–H groups in total. The highest BCUT2D eigenvalue weighted by Crippen LogP contribution is 2.47. The van der Waals surface area contributed by atoms with Crippen molar-refractivity contribution < 1.29 is 28.5 Å². The third-order valence-corrected chi connectivity index (χ3v) is 8.58. The van der Waals surface area contributed by atoms with Crippen LogP contribution in [0, 0.1) is 0 Å². The quantitative estimate of drug-likeness (QED) is 0.186. The average molecular weight is 616 g/mol. The first-order valence-electron chi connectivity index (χ1n) is 15.4. The lowest BCUT2D eigenvalue weighted by atomic mass is 9.71. The third-order valence-electron chi connectivity index (χ3n) is 8.58. The Morgan fingerprint density at radius 1 is 0.761 bits per heavy atom. The van der Waals surface area contributed by atoms with E-state index in [-0.39, 0.29) is 18.3 Å². The highest BCUT2D eigenvalue weighted by Gasteiger charge is 2.41. The lowest BCUT2D eigenvalue weighted by molar-refractivity contribution is -0.140. The predicted octanol–water partition coefficient (Wildman–Crippen LogP) is 7.39. The molecule has 1 heterocycles. The SMILES string of the molecule is COc1ccc([C@H]2CC(=O)C3=C(C2)NC(C)=C(C(=O)OCc2ccccc2)[C@H]3c2cccc(OCc3ccccc3)c2)cc1OC. The Hall–Kier alpha value is -5.30. The number of rotatable bonds is 10. The Labute approximate surface area is 269 Å². The number of hydrogen-bond donors (Lipinski definition) is 1. The molecular formula is C39H37NO6. The van der Waals surface area contributed by atoms with Gasteiger partial charge in [-0.25, -0.2) is 4.79 Å². The molecule has 0 radical (unpaired) electrons. The van der Waals surface area contributed by atoms with Crippen molar-refractivity contribution in [1.82, 2.24) is 5.32 Å². The molecule has 2 aliphatic rings. The minimum Gasteiger partial charge on any atom is -0.493 e. The van der Waals surface area contributed by atoms with E-state index < -0.39 is 11.9 Å².